The number of hydrogen-bond acceptors (Lipinski definition) is 8. The van der Waals surface area contributed by atoms with Gasteiger partial charge in [-0.15, -0.1) is 0 Å². The third kappa shape index (κ3) is 4.18. The highest BCUT2D eigenvalue weighted by molar-refractivity contribution is 7.22. The van der Waals surface area contributed by atoms with E-state index in [1.807, 2.05) is 25.1 Å². The first kappa shape index (κ1) is 18.3. The Morgan fingerprint density at radius 2 is 2.07 bits per heavy atom. The number of rotatable bonds is 5. The van der Waals surface area contributed by atoms with Crippen molar-refractivity contribution in [2.45, 2.75) is 6.92 Å². The lowest BCUT2D eigenvalue weighted by Crippen LogP contribution is -2.20. The van der Waals surface area contributed by atoms with Crippen LogP contribution in [0, 0.1) is 17.0 Å². The summed E-state index contributed by atoms with van der Waals surface area (Å²) in [7, 11) is 0. The second-order valence-electron chi connectivity index (χ2n) is 5.65. The topological polar surface area (TPSA) is 137 Å². The Morgan fingerprint density at radius 3 is 2.81 bits per heavy atom. The number of carbonyl (C=O) groups excluding carboxylic acids is 2. The number of esters is 1. The second-order valence-corrected chi connectivity index (χ2v) is 6.68. The van der Waals surface area contributed by atoms with Crippen molar-refractivity contribution in [2.75, 3.05) is 17.7 Å². The number of thiazole rings is 1. The third-order valence-electron chi connectivity index (χ3n) is 3.59. The summed E-state index contributed by atoms with van der Waals surface area (Å²) in [6.07, 6.45) is 0. The van der Waals surface area contributed by atoms with Gasteiger partial charge in [0.05, 0.1) is 20.7 Å². The standard InChI is InChI=1S/C17H14N4O5S/c1-9-2-5-12-14(6-9)27-17(19-12)20-15(22)8-26-16(23)10-3-4-11(18)13(7-10)21(24)25/h2-7H,8,18H2,1H3,(H,19,20,22). The minimum atomic E-state index is -0.867. The fraction of sp³-hybridized carbons (Fsp3) is 0.118. The predicted octanol–water partition coefficient (Wildman–Crippen LogP) is 2.89. The van der Waals surface area contributed by atoms with E-state index in [4.69, 9.17) is 10.5 Å². The molecule has 138 valence electrons. The minimum absolute atomic E-state index is 0.0691. The summed E-state index contributed by atoms with van der Waals surface area (Å²) in [4.78, 5) is 38.4. The first-order chi connectivity index (χ1) is 12.8. The maximum Gasteiger partial charge on any atom is 0.338 e. The Morgan fingerprint density at radius 1 is 1.30 bits per heavy atom. The van der Waals surface area contributed by atoms with Crippen LogP contribution in [0.1, 0.15) is 15.9 Å². The van der Waals surface area contributed by atoms with Gasteiger partial charge in [-0.25, -0.2) is 9.78 Å². The van der Waals surface area contributed by atoms with Gasteiger partial charge < -0.3 is 10.5 Å². The Labute approximate surface area is 156 Å². The lowest BCUT2D eigenvalue weighted by atomic mass is 10.2. The van der Waals surface area contributed by atoms with E-state index in [9.17, 15) is 19.7 Å². The number of hydrogen-bond donors (Lipinski definition) is 2. The molecule has 0 unspecified atom stereocenters. The molecule has 0 fully saturated rings. The molecule has 0 radical (unpaired) electrons. The number of nitro benzene ring substituents is 1. The van der Waals surface area contributed by atoms with Crippen molar-refractivity contribution in [3.63, 3.8) is 0 Å². The van der Waals surface area contributed by atoms with Crippen LogP contribution in [-0.4, -0.2) is 28.4 Å². The molecule has 3 aromatic rings. The molecule has 0 aliphatic carbocycles. The molecule has 0 aliphatic rings. The summed E-state index contributed by atoms with van der Waals surface area (Å²) >= 11 is 1.30. The molecule has 0 saturated carbocycles. The van der Waals surface area contributed by atoms with E-state index in [2.05, 4.69) is 10.3 Å². The molecule has 1 amide bonds. The molecule has 3 N–H and O–H groups in total. The number of ether oxygens (including phenoxy) is 1. The van der Waals surface area contributed by atoms with Crippen LogP contribution in [0.3, 0.4) is 0 Å². The van der Waals surface area contributed by atoms with E-state index in [1.54, 1.807) is 0 Å². The lowest BCUT2D eigenvalue weighted by molar-refractivity contribution is -0.383. The van der Waals surface area contributed by atoms with Crippen molar-refractivity contribution in [3.8, 4) is 0 Å². The number of aromatic nitrogens is 1. The van der Waals surface area contributed by atoms with Gasteiger partial charge >= 0.3 is 5.97 Å². The zero-order valence-corrected chi connectivity index (χ0v) is 14.9. The fourth-order valence-electron chi connectivity index (χ4n) is 2.28. The number of nitrogens with two attached hydrogens (primary N) is 1. The minimum Gasteiger partial charge on any atom is -0.452 e. The van der Waals surface area contributed by atoms with Crippen LogP contribution in [0.4, 0.5) is 16.5 Å². The van der Waals surface area contributed by atoms with E-state index in [1.165, 1.54) is 23.5 Å². The van der Waals surface area contributed by atoms with Crippen molar-refractivity contribution < 1.29 is 19.2 Å². The molecule has 9 nitrogen and oxygen atoms in total. The molecule has 0 bridgehead atoms. The van der Waals surface area contributed by atoms with Gasteiger partial charge in [-0.3, -0.25) is 20.2 Å². The summed E-state index contributed by atoms with van der Waals surface area (Å²) in [5, 5.41) is 13.8. The van der Waals surface area contributed by atoms with Gasteiger partial charge in [0, 0.05) is 6.07 Å². The number of aryl methyl sites for hydroxylation is 1. The summed E-state index contributed by atoms with van der Waals surface area (Å²) < 4.78 is 5.82. The first-order valence-corrected chi connectivity index (χ1v) is 8.53. The van der Waals surface area contributed by atoms with Gasteiger partial charge in [0.2, 0.25) is 0 Å². The number of amides is 1. The molecule has 0 atom stereocenters. The molecule has 1 aromatic heterocycles. The molecule has 10 heteroatoms. The summed E-state index contributed by atoms with van der Waals surface area (Å²) in [5.41, 5.74) is 6.77. The molecule has 2 aromatic carbocycles. The molecule has 3 rings (SSSR count). The molecular formula is C17H14N4O5S. The molecule has 1 heterocycles. The Kier molecular flexibility index (Phi) is 4.99. The quantitative estimate of drug-likeness (QED) is 0.297. The van der Waals surface area contributed by atoms with Gasteiger partial charge in [-0.1, -0.05) is 17.4 Å². The number of fused-ring (bicyclic) bond motifs is 1. The monoisotopic (exact) mass is 386 g/mol. The number of carbonyl (C=O) groups is 2. The van der Waals surface area contributed by atoms with Crippen molar-refractivity contribution >= 4 is 49.9 Å². The number of benzene rings is 2. The number of nitrogens with one attached hydrogen (secondary N) is 1. The van der Waals surface area contributed by atoms with Crippen molar-refractivity contribution in [3.05, 3.63) is 57.6 Å². The van der Waals surface area contributed by atoms with Gasteiger partial charge in [0.1, 0.15) is 5.69 Å². The van der Waals surface area contributed by atoms with Gasteiger partial charge in [-0.05, 0) is 36.8 Å². The van der Waals surface area contributed by atoms with E-state index in [0.717, 1.165) is 21.8 Å². The van der Waals surface area contributed by atoms with E-state index in [-0.39, 0.29) is 11.3 Å². The van der Waals surface area contributed by atoms with Crippen LogP contribution >= 0.6 is 11.3 Å². The van der Waals surface area contributed by atoms with Crippen LogP contribution < -0.4 is 11.1 Å². The Bertz CT molecular complexity index is 1060. The van der Waals surface area contributed by atoms with Crippen LogP contribution in [0.2, 0.25) is 0 Å². The Balaban J connectivity index is 1.62. The average Bonchev–Trinajstić information content (AvgIpc) is 3.01. The van der Waals surface area contributed by atoms with Gasteiger partial charge in [0.25, 0.3) is 11.6 Å². The van der Waals surface area contributed by atoms with E-state index >= 15 is 0 Å². The highest BCUT2D eigenvalue weighted by Gasteiger charge is 2.18. The second kappa shape index (κ2) is 7.38. The molecular weight excluding hydrogens is 372 g/mol. The highest BCUT2D eigenvalue weighted by atomic mass is 32.1. The van der Waals surface area contributed by atoms with Crippen LogP contribution in [0.25, 0.3) is 10.2 Å². The normalized spacial score (nSPS) is 10.6. The van der Waals surface area contributed by atoms with Crippen molar-refractivity contribution in [2.24, 2.45) is 0 Å². The molecule has 0 aliphatic heterocycles. The highest BCUT2D eigenvalue weighted by Crippen LogP contribution is 2.26. The van der Waals surface area contributed by atoms with Gasteiger partial charge in [-0.2, -0.15) is 0 Å². The third-order valence-corrected chi connectivity index (χ3v) is 4.52. The fourth-order valence-corrected chi connectivity index (χ4v) is 3.26. The molecule has 0 saturated heterocycles. The van der Waals surface area contributed by atoms with Crippen molar-refractivity contribution in [1.29, 1.82) is 0 Å². The van der Waals surface area contributed by atoms with Gasteiger partial charge in [0.15, 0.2) is 11.7 Å². The maximum atomic E-state index is 12.0. The van der Waals surface area contributed by atoms with E-state index < -0.39 is 29.1 Å². The maximum absolute atomic E-state index is 12.0. The molecule has 0 spiro atoms. The SMILES string of the molecule is Cc1ccc2nc(NC(=O)COC(=O)c3ccc(N)c([N+](=O)[O-])c3)sc2c1. The number of nitrogen functional groups attached to an aromatic ring is 1. The molecule has 27 heavy (non-hydrogen) atoms. The van der Waals surface area contributed by atoms with Crippen LogP contribution in [-0.2, 0) is 9.53 Å². The predicted molar refractivity (Wildman–Crippen MR) is 101 cm³/mol. The van der Waals surface area contributed by atoms with Crippen LogP contribution in [0.5, 0.6) is 0 Å². The number of nitrogens with zero attached hydrogens (tertiary/aromatic N) is 2. The zero-order chi connectivity index (χ0) is 19.6. The number of anilines is 2. The smallest absolute Gasteiger partial charge is 0.338 e. The average molecular weight is 386 g/mol. The Hall–Kier alpha value is -3.53. The lowest BCUT2D eigenvalue weighted by Gasteiger charge is -2.05. The summed E-state index contributed by atoms with van der Waals surface area (Å²) in [6, 6.07) is 9.25. The van der Waals surface area contributed by atoms with Crippen molar-refractivity contribution in [1.82, 2.24) is 4.98 Å². The number of nitro groups is 1. The largest absolute Gasteiger partial charge is 0.452 e. The summed E-state index contributed by atoms with van der Waals surface area (Å²) in [5.74, 6) is -1.43. The first-order valence-electron chi connectivity index (χ1n) is 7.71. The van der Waals surface area contributed by atoms with E-state index in [0.29, 0.717) is 5.13 Å². The van der Waals surface area contributed by atoms with Crippen LogP contribution in [0.15, 0.2) is 36.4 Å². The summed E-state index contributed by atoms with van der Waals surface area (Å²) in [6.45, 7) is 1.41. The zero-order valence-electron chi connectivity index (χ0n) is 14.1.